The van der Waals surface area contributed by atoms with E-state index in [2.05, 4.69) is 26.5 Å². The highest BCUT2D eigenvalue weighted by Gasteiger charge is 2.18. The summed E-state index contributed by atoms with van der Waals surface area (Å²) in [5.41, 5.74) is 11.5. The maximum absolute atomic E-state index is 5.59. The van der Waals surface area contributed by atoms with Crippen LogP contribution < -0.4 is 11.5 Å². The number of ether oxygens (including phenoxy) is 1. The average molecular weight is 262 g/mol. The lowest BCUT2D eigenvalue weighted by Gasteiger charge is -2.25. The van der Waals surface area contributed by atoms with Crippen molar-refractivity contribution in [3.8, 4) is 0 Å². The van der Waals surface area contributed by atoms with Crippen molar-refractivity contribution in [3.63, 3.8) is 0 Å². The fourth-order valence-corrected chi connectivity index (χ4v) is 1.85. The molecular formula is C13H30N2OS. The van der Waals surface area contributed by atoms with Gasteiger partial charge in [0.25, 0.3) is 0 Å². The summed E-state index contributed by atoms with van der Waals surface area (Å²) in [7, 11) is 0. The second kappa shape index (κ2) is 8.35. The van der Waals surface area contributed by atoms with Gasteiger partial charge in [-0.2, -0.15) is 0 Å². The second-order valence-electron chi connectivity index (χ2n) is 5.74. The molecule has 0 aromatic rings. The molecule has 4 heteroatoms. The van der Waals surface area contributed by atoms with E-state index >= 15 is 0 Å². The lowest BCUT2D eigenvalue weighted by atomic mass is 9.83. The van der Waals surface area contributed by atoms with Crippen LogP contribution in [0.2, 0.25) is 0 Å². The van der Waals surface area contributed by atoms with Crippen LogP contribution >= 0.6 is 12.6 Å². The van der Waals surface area contributed by atoms with Gasteiger partial charge in [0.05, 0.1) is 0 Å². The highest BCUT2D eigenvalue weighted by Crippen LogP contribution is 2.28. The Kier molecular flexibility index (Phi) is 8.47. The molecule has 0 saturated carbocycles. The Morgan fingerprint density at radius 1 is 1.00 bits per heavy atom. The molecule has 0 aromatic heterocycles. The Balaban J connectivity index is 3.57. The largest absolute Gasteiger partial charge is 0.364 e. The molecule has 0 rings (SSSR count). The van der Waals surface area contributed by atoms with Crippen molar-refractivity contribution in [2.24, 2.45) is 16.9 Å². The Labute approximate surface area is 112 Å². The van der Waals surface area contributed by atoms with Gasteiger partial charge >= 0.3 is 0 Å². The van der Waals surface area contributed by atoms with Crippen molar-refractivity contribution in [2.75, 3.05) is 19.7 Å². The number of rotatable bonds is 10. The van der Waals surface area contributed by atoms with Gasteiger partial charge in [-0.05, 0) is 44.6 Å². The van der Waals surface area contributed by atoms with E-state index in [0.29, 0.717) is 12.0 Å². The summed E-state index contributed by atoms with van der Waals surface area (Å²) in [6, 6.07) is 0. The first-order valence-corrected chi connectivity index (χ1v) is 7.04. The van der Waals surface area contributed by atoms with Crippen molar-refractivity contribution in [2.45, 2.75) is 57.8 Å². The molecule has 104 valence electrons. The molecule has 0 aromatic carbocycles. The zero-order valence-corrected chi connectivity index (χ0v) is 12.6. The summed E-state index contributed by atoms with van der Waals surface area (Å²) in [6.45, 7) is 8.50. The van der Waals surface area contributed by atoms with Gasteiger partial charge in [0.2, 0.25) is 0 Å². The van der Waals surface area contributed by atoms with E-state index in [1.165, 1.54) is 19.3 Å². The smallest absolute Gasteiger partial charge is 0.120 e. The minimum atomic E-state index is -0.477. The molecule has 0 aliphatic carbocycles. The van der Waals surface area contributed by atoms with Crippen molar-refractivity contribution in [3.05, 3.63) is 0 Å². The lowest BCUT2D eigenvalue weighted by Crippen LogP contribution is -2.31. The van der Waals surface area contributed by atoms with E-state index in [9.17, 15) is 0 Å². The van der Waals surface area contributed by atoms with Gasteiger partial charge < -0.3 is 16.2 Å². The number of nitrogens with two attached hydrogens (primary N) is 2. The van der Waals surface area contributed by atoms with Gasteiger partial charge in [-0.15, -0.1) is 12.6 Å². The first-order valence-electron chi connectivity index (χ1n) is 6.59. The molecule has 1 atom stereocenters. The zero-order chi connectivity index (χ0) is 13.4. The van der Waals surface area contributed by atoms with Crippen LogP contribution in [0.5, 0.6) is 0 Å². The quantitative estimate of drug-likeness (QED) is 0.322. The highest BCUT2D eigenvalue weighted by atomic mass is 32.1. The first kappa shape index (κ1) is 17.2. The number of thiol groups is 1. The third-order valence-corrected chi connectivity index (χ3v) is 3.41. The first-order chi connectivity index (χ1) is 7.83. The normalized spacial score (nSPS) is 15.9. The molecule has 0 saturated heterocycles. The molecule has 0 amide bonds. The molecule has 4 N–H and O–H groups in total. The lowest BCUT2D eigenvalue weighted by molar-refractivity contribution is 0.0431. The zero-order valence-electron chi connectivity index (χ0n) is 11.7. The number of hydrogen-bond donors (Lipinski definition) is 3. The highest BCUT2D eigenvalue weighted by molar-refractivity contribution is 7.81. The molecular weight excluding hydrogens is 232 g/mol. The van der Waals surface area contributed by atoms with Crippen molar-refractivity contribution in [1.29, 1.82) is 0 Å². The van der Waals surface area contributed by atoms with Gasteiger partial charge in [-0.3, -0.25) is 0 Å². The van der Waals surface area contributed by atoms with E-state index in [0.717, 1.165) is 26.0 Å². The third kappa shape index (κ3) is 9.89. The Bertz CT molecular complexity index is 196. The van der Waals surface area contributed by atoms with Crippen molar-refractivity contribution < 1.29 is 4.74 Å². The molecule has 0 aliphatic rings. The summed E-state index contributed by atoms with van der Waals surface area (Å²) >= 11 is 4.33. The summed E-state index contributed by atoms with van der Waals surface area (Å²) in [6.07, 6.45) is 5.80. The van der Waals surface area contributed by atoms with Crippen LogP contribution in [0.4, 0.5) is 0 Å². The molecule has 3 nitrogen and oxygen atoms in total. The van der Waals surface area contributed by atoms with Gasteiger partial charge in [0, 0.05) is 13.2 Å². The molecule has 17 heavy (non-hydrogen) atoms. The topological polar surface area (TPSA) is 61.3 Å². The molecule has 0 radical (unpaired) electrons. The van der Waals surface area contributed by atoms with E-state index in [1.54, 1.807) is 0 Å². The Hall–Kier alpha value is 0.230. The van der Waals surface area contributed by atoms with Gasteiger partial charge in [0.1, 0.15) is 4.93 Å². The van der Waals surface area contributed by atoms with Crippen LogP contribution in [0.1, 0.15) is 52.9 Å². The standard InChI is InChI=1S/C13H30N2OS/c1-12(2,8-6-9-14)7-4-5-10-16-13(3,17)11-15/h17H,4-11,14-15H2,1-3H3. The van der Waals surface area contributed by atoms with Crippen LogP contribution in [-0.2, 0) is 4.74 Å². The van der Waals surface area contributed by atoms with Crippen LogP contribution in [0, 0.1) is 5.41 Å². The predicted molar refractivity (Wildman–Crippen MR) is 78.3 cm³/mol. The minimum absolute atomic E-state index is 0.400. The third-order valence-electron chi connectivity index (χ3n) is 3.10. The fraction of sp³-hybridized carbons (Fsp3) is 1.00. The predicted octanol–water partition coefficient (Wildman–Crippen LogP) is 2.54. The molecule has 0 bridgehead atoms. The van der Waals surface area contributed by atoms with Crippen LogP contribution in [0.25, 0.3) is 0 Å². The van der Waals surface area contributed by atoms with Gasteiger partial charge in [0.15, 0.2) is 0 Å². The Morgan fingerprint density at radius 3 is 2.12 bits per heavy atom. The molecule has 0 spiro atoms. The van der Waals surface area contributed by atoms with E-state index < -0.39 is 4.93 Å². The molecule has 0 fully saturated rings. The summed E-state index contributed by atoms with van der Waals surface area (Å²) in [5, 5.41) is 0. The summed E-state index contributed by atoms with van der Waals surface area (Å²) < 4.78 is 5.59. The number of unbranched alkanes of at least 4 members (excludes halogenated alkanes) is 1. The summed E-state index contributed by atoms with van der Waals surface area (Å²) in [4.78, 5) is -0.477. The average Bonchev–Trinajstić information content (AvgIpc) is 2.26. The van der Waals surface area contributed by atoms with E-state index in [-0.39, 0.29) is 0 Å². The molecule has 0 heterocycles. The SMILES string of the molecule is CC(C)(CCCN)CCCCOC(C)(S)CN. The summed E-state index contributed by atoms with van der Waals surface area (Å²) in [5.74, 6) is 0. The maximum atomic E-state index is 5.59. The van der Waals surface area contributed by atoms with Gasteiger partial charge in [-0.1, -0.05) is 20.3 Å². The van der Waals surface area contributed by atoms with Gasteiger partial charge in [-0.25, -0.2) is 0 Å². The monoisotopic (exact) mass is 262 g/mol. The van der Waals surface area contributed by atoms with E-state index in [1.807, 2.05) is 6.92 Å². The Morgan fingerprint density at radius 2 is 1.59 bits per heavy atom. The van der Waals surface area contributed by atoms with Crippen molar-refractivity contribution >= 4 is 12.6 Å². The maximum Gasteiger partial charge on any atom is 0.120 e. The van der Waals surface area contributed by atoms with E-state index in [4.69, 9.17) is 16.2 Å². The molecule has 1 unspecified atom stereocenters. The molecule has 0 aliphatic heterocycles. The van der Waals surface area contributed by atoms with Crippen LogP contribution in [0.3, 0.4) is 0 Å². The van der Waals surface area contributed by atoms with Crippen LogP contribution in [-0.4, -0.2) is 24.6 Å². The van der Waals surface area contributed by atoms with Crippen molar-refractivity contribution in [1.82, 2.24) is 0 Å². The number of hydrogen-bond acceptors (Lipinski definition) is 4. The second-order valence-corrected chi connectivity index (χ2v) is 6.69. The fourth-order valence-electron chi connectivity index (χ4n) is 1.76. The van der Waals surface area contributed by atoms with Crippen LogP contribution in [0.15, 0.2) is 0 Å². The minimum Gasteiger partial charge on any atom is -0.364 e.